The van der Waals surface area contributed by atoms with Crippen LogP contribution in [0, 0.1) is 5.82 Å². The number of alkyl halides is 3. The van der Waals surface area contributed by atoms with Crippen molar-refractivity contribution in [2.75, 3.05) is 0 Å². The molecule has 0 aromatic heterocycles. The molecule has 0 amide bonds. The third kappa shape index (κ3) is 4.48. The number of halogens is 5. The van der Waals surface area contributed by atoms with Crippen molar-refractivity contribution in [2.45, 2.75) is 18.6 Å². The lowest BCUT2D eigenvalue weighted by molar-refractivity contribution is -0.138. The molecule has 1 nitrogen and oxygen atoms in total. The van der Waals surface area contributed by atoms with Gasteiger partial charge in [0.05, 0.1) is 6.42 Å². The zero-order valence-electron chi connectivity index (χ0n) is 7.59. The highest BCUT2D eigenvalue weighted by Crippen LogP contribution is 2.28. The molecule has 1 rings (SSSR count). The van der Waals surface area contributed by atoms with Crippen LogP contribution < -0.4 is 5.73 Å². The van der Waals surface area contributed by atoms with Crippen LogP contribution in [0.25, 0.3) is 0 Å². The smallest absolute Gasteiger partial charge is 0.324 e. The molecule has 2 N–H and O–H groups in total. The van der Waals surface area contributed by atoms with Gasteiger partial charge >= 0.3 is 6.18 Å². The lowest BCUT2D eigenvalue weighted by Gasteiger charge is -2.14. The van der Waals surface area contributed by atoms with E-state index in [-0.39, 0.29) is 18.0 Å². The van der Waals surface area contributed by atoms with Crippen LogP contribution >= 0.6 is 12.4 Å². The predicted octanol–water partition coefficient (Wildman–Crippen LogP) is 3.20. The van der Waals surface area contributed by atoms with Crippen LogP contribution in [0.5, 0.6) is 0 Å². The van der Waals surface area contributed by atoms with Gasteiger partial charge < -0.3 is 5.73 Å². The lowest BCUT2D eigenvalue weighted by atomic mass is 10.0. The molecule has 0 aliphatic carbocycles. The summed E-state index contributed by atoms with van der Waals surface area (Å²) in [6.07, 6.45) is -5.59. The highest BCUT2D eigenvalue weighted by atomic mass is 35.5. The van der Waals surface area contributed by atoms with Crippen molar-refractivity contribution in [3.05, 3.63) is 35.6 Å². The van der Waals surface area contributed by atoms with Crippen LogP contribution in [-0.4, -0.2) is 6.18 Å². The van der Waals surface area contributed by atoms with E-state index in [1.54, 1.807) is 0 Å². The van der Waals surface area contributed by atoms with Crippen molar-refractivity contribution in [3.8, 4) is 0 Å². The molecule has 0 heterocycles. The Balaban J connectivity index is 0.00000196. The Kier molecular flexibility index (Phi) is 5.03. The highest BCUT2D eigenvalue weighted by Gasteiger charge is 2.31. The fourth-order valence-corrected chi connectivity index (χ4v) is 1.14. The fourth-order valence-electron chi connectivity index (χ4n) is 1.14. The van der Waals surface area contributed by atoms with Crippen molar-refractivity contribution in [1.82, 2.24) is 0 Å². The molecule has 0 aliphatic heterocycles. The van der Waals surface area contributed by atoms with Gasteiger partial charge in [-0.15, -0.1) is 12.4 Å². The largest absolute Gasteiger partial charge is 0.390 e. The summed E-state index contributed by atoms with van der Waals surface area (Å²) in [6, 6.07) is 3.86. The van der Waals surface area contributed by atoms with Gasteiger partial charge in [-0.05, 0) is 6.07 Å². The number of benzene rings is 1. The van der Waals surface area contributed by atoms with Crippen molar-refractivity contribution in [1.29, 1.82) is 0 Å². The Bertz CT molecular complexity index is 313. The van der Waals surface area contributed by atoms with E-state index in [0.29, 0.717) is 0 Å². The van der Waals surface area contributed by atoms with Gasteiger partial charge in [0.1, 0.15) is 5.82 Å². The first-order valence-electron chi connectivity index (χ1n) is 3.97. The summed E-state index contributed by atoms with van der Waals surface area (Å²) >= 11 is 0. The first kappa shape index (κ1) is 14.2. The zero-order valence-corrected chi connectivity index (χ0v) is 8.41. The first-order chi connectivity index (χ1) is 6.40. The van der Waals surface area contributed by atoms with Crippen LogP contribution in [-0.2, 0) is 0 Å². The minimum atomic E-state index is -4.37. The molecule has 0 unspecified atom stereocenters. The van der Waals surface area contributed by atoms with Gasteiger partial charge in [-0.1, -0.05) is 18.2 Å². The van der Waals surface area contributed by atoms with E-state index < -0.39 is 24.5 Å². The minimum absolute atomic E-state index is 0. The van der Waals surface area contributed by atoms with Crippen molar-refractivity contribution >= 4 is 12.4 Å². The van der Waals surface area contributed by atoms with Crippen molar-refractivity contribution < 1.29 is 17.6 Å². The molecule has 1 aromatic carbocycles. The van der Waals surface area contributed by atoms with E-state index in [1.165, 1.54) is 18.2 Å². The second-order valence-electron chi connectivity index (χ2n) is 2.95. The fraction of sp³-hybridized carbons (Fsp3) is 0.333. The van der Waals surface area contributed by atoms with Gasteiger partial charge in [0.25, 0.3) is 0 Å². The summed E-state index contributed by atoms with van der Waals surface area (Å²) in [5.41, 5.74) is 5.12. The second kappa shape index (κ2) is 5.32. The molecule has 1 atom stereocenters. The summed E-state index contributed by atoms with van der Waals surface area (Å²) in [7, 11) is 0. The molecule has 0 bridgehead atoms. The van der Waals surface area contributed by atoms with Gasteiger partial charge in [-0.2, -0.15) is 13.2 Å². The summed E-state index contributed by atoms with van der Waals surface area (Å²) in [5.74, 6) is -0.704. The van der Waals surface area contributed by atoms with Crippen LogP contribution in [0.4, 0.5) is 17.6 Å². The molecule has 0 fully saturated rings. The predicted molar refractivity (Wildman–Crippen MR) is 51.2 cm³/mol. The molecule has 0 saturated carbocycles. The van der Waals surface area contributed by atoms with Crippen LogP contribution in [0.15, 0.2) is 24.3 Å². The third-order valence-electron chi connectivity index (χ3n) is 1.76. The number of hydrogen-bond donors (Lipinski definition) is 1. The average molecular weight is 244 g/mol. The van der Waals surface area contributed by atoms with Crippen molar-refractivity contribution in [3.63, 3.8) is 0 Å². The summed E-state index contributed by atoms with van der Waals surface area (Å²) in [4.78, 5) is 0. The number of nitrogens with two attached hydrogens (primary N) is 1. The maximum absolute atomic E-state index is 13.0. The van der Waals surface area contributed by atoms with E-state index in [9.17, 15) is 17.6 Å². The average Bonchev–Trinajstić information content (AvgIpc) is 2.01. The van der Waals surface area contributed by atoms with Gasteiger partial charge in [0, 0.05) is 11.6 Å². The molecule has 0 radical (unpaired) electrons. The zero-order chi connectivity index (χ0) is 10.8. The highest BCUT2D eigenvalue weighted by molar-refractivity contribution is 5.85. The standard InChI is InChI=1S/C9H9F4N.ClH/c10-7-4-2-1-3-6(7)8(14)5-9(11,12)13;/h1-4,8H,5,14H2;1H/t8-;/m0./s1. The summed E-state index contributed by atoms with van der Waals surface area (Å²) in [5, 5.41) is 0. The lowest BCUT2D eigenvalue weighted by Crippen LogP contribution is -2.21. The van der Waals surface area contributed by atoms with Crippen LogP contribution in [0.2, 0.25) is 0 Å². The van der Waals surface area contributed by atoms with E-state index in [4.69, 9.17) is 5.73 Å². The maximum Gasteiger partial charge on any atom is 0.390 e. The topological polar surface area (TPSA) is 26.0 Å². The quantitative estimate of drug-likeness (QED) is 0.793. The molecule has 0 spiro atoms. The Labute approximate surface area is 90.7 Å². The molecule has 86 valence electrons. The summed E-state index contributed by atoms with van der Waals surface area (Å²) in [6.45, 7) is 0. The van der Waals surface area contributed by atoms with Gasteiger partial charge in [0.2, 0.25) is 0 Å². The number of rotatable bonds is 2. The maximum atomic E-state index is 13.0. The minimum Gasteiger partial charge on any atom is -0.324 e. The monoisotopic (exact) mass is 243 g/mol. The van der Waals surface area contributed by atoms with E-state index in [2.05, 4.69) is 0 Å². The molecule has 15 heavy (non-hydrogen) atoms. The first-order valence-corrected chi connectivity index (χ1v) is 3.97. The Hall–Kier alpha value is -0.810. The molecule has 0 saturated heterocycles. The Morgan fingerprint density at radius 3 is 2.20 bits per heavy atom. The molecule has 1 aromatic rings. The molecular formula is C9H10ClF4N. The van der Waals surface area contributed by atoms with Crippen LogP contribution in [0.3, 0.4) is 0 Å². The Morgan fingerprint density at radius 1 is 1.20 bits per heavy atom. The molecule has 6 heteroatoms. The Morgan fingerprint density at radius 2 is 1.73 bits per heavy atom. The van der Waals surface area contributed by atoms with E-state index in [0.717, 1.165) is 6.07 Å². The van der Waals surface area contributed by atoms with Gasteiger partial charge in [-0.3, -0.25) is 0 Å². The molecular weight excluding hydrogens is 234 g/mol. The number of hydrogen-bond acceptors (Lipinski definition) is 1. The van der Waals surface area contributed by atoms with E-state index in [1.807, 2.05) is 0 Å². The van der Waals surface area contributed by atoms with Crippen LogP contribution in [0.1, 0.15) is 18.0 Å². The van der Waals surface area contributed by atoms with Gasteiger partial charge in [-0.25, -0.2) is 4.39 Å². The third-order valence-corrected chi connectivity index (χ3v) is 1.76. The van der Waals surface area contributed by atoms with Crippen molar-refractivity contribution in [2.24, 2.45) is 5.73 Å². The van der Waals surface area contributed by atoms with Gasteiger partial charge in [0.15, 0.2) is 0 Å². The SMILES string of the molecule is Cl.N[C@@H](CC(F)(F)F)c1ccccc1F. The summed E-state index contributed by atoms with van der Waals surface area (Å²) < 4.78 is 48.7. The second-order valence-corrected chi connectivity index (χ2v) is 2.95. The molecule has 0 aliphatic rings. The normalized spacial score (nSPS) is 13.1. The van der Waals surface area contributed by atoms with E-state index >= 15 is 0 Å².